The fourth-order valence-electron chi connectivity index (χ4n) is 2.18. The largest absolute Gasteiger partial charge is 0.381 e. The molecule has 1 aromatic carbocycles. The van der Waals surface area contributed by atoms with E-state index in [0.717, 1.165) is 16.2 Å². The van der Waals surface area contributed by atoms with Gasteiger partial charge in [0.15, 0.2) is 0 Å². The zero-order valence-corrected chi connectivity index (χ0v) is 11.0. The number of hydrogen-bond donors (Lipinski definition) is 1. The van der Waals surface area contributed by atoms with Gasteiger partial charge in [0.05, 0.1) is 11.1 Å². The molecule has 0 aliphatic carbocycles. The Morgan fingerprint density at radius 3 is 2.50 bits per heavy atom. The van der Waals surface area contributed by atoms with Crippen LogP contribution in [0.3, 0.4) is 0 Å². The van der Waals surface area contributed by atoms with Gasteiger partial charge in [-0.05, 0) is 35.9 Å². The number of nitrogens with one attached hydrogen (secondary N) is 1. The minimum atomic E-state index is -0.252. The van der Waals surface area contributed by atoms with E-state index in [4.69, 9.17) is 0 Å². The Labute approximate surface area is 116 Å². The summed E-state index contributed by atoms with van der Waals surface area (Å²) in [6, 6.07) is 9.06. The second-order valence-electron chi connectivity index (χ2n) is 4.64. The van der Waals surface area contributed by atoms with Crippen LogP contribution in [-0.4, -0.2) is 28.7 Å². The Bertz CT molecular complexity index is 683. The van der Waals surface area contributed by atoms with Crippen molar-refractivity contribution in [3.05, 3.63) is 59.4 Å². The van der Waals surface area contributed by atoms with Crippen molar-refractivity contribution in [1.29, 1.82) is 0 Å². The summed E-state index contributed by atoms with van der Waals surface area (Å²) in [5.41, 5.74) is 2.83. The number of aromatic nitrogens is 1. The zero-order chi connectivity index (χ0) is 14.1. The van der Waals surface area contributed by atoms with Crippen LogP contribution in [0.1, 0.15) is 26.3 Å². The molecule has 3 rings (SSSR count). The van der Waals surface area contributed by atoms with Crippen LogP contribution in [0.15, 0.2) is 42.7 Å². The molecule has 0 saturated heterocycles. The Morgan fingerprint density at radius 2 is 1.75 bits per heavy atom. The molecular formula is C15H13N3O2. The maximum atomic E-state index is 11.9. The third kappa shape index (κ3) is 2.03. The average molecular weight is 267 g/mol. The molecule has 1 aliphatic rings. The third-order valence-electron chi connectivity index (χ3n) is 3.34. The number of hydrogen-bond acceptors (Lipinski definition) is 4. The van der Waals surface area contributed by atoms with E-state index in [0.29, 0.717) is 17.7 Å². The number of carbonyl (C=O) groups is 2. The number of amides is 2. The average Bonchev–Trinajstić information content (AvgIpc) is 2.71. The van der Waals surface area contributed by atoms with Crippen molar-refractivity contribution in [3.8, 4) is 0 Å². The molecule has 1 aliphatic heterocycles. The van der Waals surface area contributed by atoms with Crippen LogP contribution < -0.4 is 5.32 Å². The number of rotatable bonds is 3. The minimum Gasteiger partial charge on any atom is -0.381 e. The first-order valence-electron chi connectivity index (χ1n) is 6.26. The van der Waals surface area contributed by atoms with Crippen molar-refractivity contribution in [2.24, 2.45) is 0 Å². The Hall–Kier alpha value is -2.69. The number of anilines is 1. The standard InChI is InChI=1S/C15H13N3O2/c1-18-14(19)12-3-2-11(8-13(12)15(18)20)17-9-10-4-6-16-7-5-10/h2-8,17H,9H2,1H3. The maximum Gasteiger partial charge on any atom is 0.261 e. The Morgan fingerprint density at radius 1 is 1.05 bits per heavy atom. The quantitative estimate of drug-likeness (QED) is 0.863. The molecule has 2 aromatic rings. The second kappa shape index (κ2) is 4.77. The van der Waals surface area contributed by atoms with E-state index in [2.05, 4.69) is 10.3 Å². The molecule has 0 radical (unpaired) electrons. The molecule has 1 N–H and O–H groups in total. The summed E-state index contributed by atoms with van der Waals surface area (Å²) in [5.74, 6) is -0.497. The third-order valence-corrected chi connectivity index (χ3v) is 3.34. The molecule has 0 unspecified atom stereocenters. The fraction of sp³-hybridized carbons (Fsp3) is 0.133. The van der Waals surface area contributed by atoms with Crippen LogP contribution in [0.2, 0.25) is 0 Å². The van der Waals surface area contributed by atoms with Crippen molar-refractivity contribution >= 4 is 17.5 Å². The van der Waals surface area contributed by atoms with Crippen LogP contribution in [0.25, 0.3) is 0 Å². The second-order valence-corrected chi connectivity index (χ2v) is 4.64. The Balaban J connectivity index is 1.80. The van der Waals surface area contributed by atoms with E-state index in [9.17, 15) is 9.59 Å². The first kappa shape index (κ1) is 12.3. The zero-order valence-electron chi connectivity index (χ0n) is 11.0. The van der Waals surface area contributed by atoms with E-state index in [1.165, 1.54) is 7.05 Å². The SMILES string of the molecule is CN1C(=O)c2ccc(NCc3ccncc3)cc2C1=O. The van der Waals surface area contributed by atoms with Gasteiger partial charge in [-0.1, -0.05) is 0 Å². The van der Waals surface area contributed by atoms with E-state index < -0.39 is 0 Å². The van der Waals surface area contributed by atoms with Gasteiger partial charge in [0, 0.05) is 31.7 Å². The van der Waals surface area contributed by atoms with Gasteiger partial charge >= 0.3 is 0 Å². The molecular weight excluding hydrogens is 254 g/mol. The smallest absolute Gasteiger partial charge is 0.261 e. The molecule has 0 bridgehead atoms. The Kier molecular flexibility index (Phi) is 2.95. The molecule has 5 nitrogen and oxygen atoms in total. The number of fused-ring (bicyclic) bond motifs is 1. The highest BCUT2D eigenvalue weighted by Gasteiger charge is 2.32. The summed E-state index contributed by atoms with van der Waals surface area (Å²) in [4.78, 5) is 28.8. The summed E-state index contributed by atoms with van der Waals surface area (Å²) in [6.07, 6.45) is 3.47. The molecule has 20 heavy (non-hydrogen) atoms. The summed E-state index contributed by atoms with van der Waals surface area (Å²) in [5, 5.41) is 3.23. The monoisotopic (exact) mass is 267 g/mol. The highest BCUT2D eigenvalue weighted by Crippen LogP contribution is 2.24. The van der Waals surface area contributed by atoms with Crippen LogP contribution in [0, 0.1) is 0 Å². The summed E-state index contributed by atoms with van der Waals surface area (Å²) >= 11 is 0. The number of carbonyl (C=O) groups excluding carboxylic acids is 2. The predicted molar refractivity (Wildman–Crippen MR) is 74.4 cm³/mol. The van der Waals surface area contributed by atoms with Gasteiger partial charge in [0.1, 0.15) is 0 Å². The van der Waals surface area contributed by atoms with Crippen molar-refractivity contribution < 1.29 is 9.59 Å². The van der Waals surface area contributed by atoms with E-state index in [-0.39, 0.29) is 11.8 Å². The number of nitrogens with zero attached hydrogens (tertiary/aromatic N) is 2. The number of imide groups is 1. The normalized spacial score (nSPS) is 13.6. The van der Waals surface area contributed by atoms with Gasteiger partial charge in [0.25, 0.3) is 11.8 Å². The summed E-state index contributed by atoms with van der Waals surface area (Å²) in [6.45, 7) is 0.638. The molecule has 0 spiro atoms. The lowest BCUT2D eigenvalue weighted by atomic mass is 10.1. The fourth-order valence-corrected chi connectivity index (χ4v) is 2.18. The van der Waals surface area contributed by atoms with Gasteiger partial charge in [-0.2, -0.15) is 0 Å². The molecule has 2 heterocycles. The molecule has 0 saturated carbocycles. The van der Waals surface area contributed by atoms with Gasteiger partial charge < -0.3 is 5.32 Å². The predicted octanol–water partition coefficient (Wildman–Crippen LogP) is 1.92. The van der Waals surface area contributed by atoms with E-state index in [1.807, 2.05) is 18.2 Å². The molecule has 100 valence electrons. The van der Waals surface area contributed by atoms with E-state index in [1.54, 1.807) is 24.5 Å². The van der Waals surface area contributed by atoms with Gasteiger partial charge in [-0.3, -0.25) is 19.5 Å². The van der Waals surface area contributed by atoms with Gasteiger partial charge in [0.2, 0.25) is 0 Å². The highest BCUT2D eigenvalue weighted by atomic mass is 16.2. The maximum absolute atomic E-state index is 11.9. The van der Waals surface area contributed by atoms with Crippen LogP contribution in [-0.2, 0) is 6.54 Å². The highest BCUT2D eigenvalue weighted by molar-refractivity contribution is 6.21. The van der Waals surface area contributed by atoms with Crippen molar-refractivity contribution in [1.82, 2.24) is 9.88 Å². The summed E-state index contributed by atoms with van der Waals surface area (Å²) < 4.78 is 0. The van der Waals surface area contributed by atoms with Crippen molar-refractivity contribution in [2.75, 3.05) is 12.4 Å². The van der Waals surface area contributed by atoms with Crippen LogP contribution in [0.4, 0.5) is 5.69 Å². The number of pyridine rings is 1. The molecule has 0 atom stereocenters. The number of benzene rings is 1. The van der Waals surface area contributed by atoms with Gasteiger partial charge in [-0.25, -0.2) is 0 Å². The molecule has 2 amide bonds. The van der Waals surface area contributed by atoms with Crippen LogP contribution in [0.5, 0.6) is 0 Å². The van der Waals surface area contributed by atoms with Crippen molar-refractivity contribution in [2.45, 2.75) is 6.54 Å². The lowest BCUT2D eigenvalue weighted by Gasteiger charge is -2.07. The van der Waals surface area contributed by atoms with Crippen LogP contribution >= 0.6 is 0 Å². The molecule has 1 aromatic heterocycles. The molecule has 5 heteroatoms. The first-order valence-corrected chi connectivity index (χ1v) is 6.26. The lowest BCUT2D eigenvalue weighted by Crippen LogP contribution is -2.24. The lowest BCUT2D eigenvalue weighted by molar-refractivity contribution is 0.0693. The van der Waals surface area contributed by atoms with Crippen molar-refractivity contribution in [3.63, 3.8) is 0 Å². The minimum absolute atomic E-state index is 0.245. The summed E-state index contributed by atoms with van der Waals surface area (Å²) in [7, 11) is 1.49. The van der Waals surface area contributed by atoms with Gasteiger partial charge in [-0.15, -0.1) is 0 Å². The molecule has 0 fully saturated rings. The van der Waals surface area contributed by atoms with E-state index >= 15 is 0 Å². The first-order chi connectivity index (χ1) is 9.66. The topological polar surface area (TPSA) is 62.3 Å².